The van der Waals surface area contributed by atoms with Crippen LogP contribution in [-0.2, 0) is 11.0 Å². The zero-order valence-electron chi connectivity index (χ0n) is 19.7. The van der Waals surface area contributed by atoms with Crippen LogP contribution in [-0.4, -0.2) is 74.4 Å². The molecule has 1 saturated carbocycles. The third-order valence-corrected chi connectivity index (χ3v) is 7.17. The van der Waals surface area contributed by atoms with Gasteiger partial charge in [-0.1, -0.05) is 13.3 Å². The van der Waals surface area contributed by atoms with Crippen molar-refractivity contribution in [2.75, 3.05) is 25.0 Å². The molecule has 1 unspecified atom stereocenters. The number of likely N-dealkylation sites (tertiary alicyclic amines) is 1. The van der Waals surface area contributed by atoms with Gasteiger partial charge in [-0.15, -0.1) is 0 Å². The van der Waals surface area contributed by atoms with Crippen molar-refractivity contribution in [3.8, 4) is 0 Å². The van der Waals surface area contributed by atoms with Crippen LogP contribution in [0.2, 0.25) is 0 Å². The molecule has 2 fully saturated rings. The lowest BCUT2D eigenvalue weighted by molar-refractivity contribution is -0.137. The second-order valence-electron chi connectivity index (χ2n) is 9.66. The maximum atomic E-state index is 13.1. The molecule has 2 heterocycles. The van der Waals surface area contributed by atoms with E-state index in [0.29, 0.717) is 43.9 Å². The first-order valence-corrected chi connectivity index (χ1v) is 12.1. The Morgan fingerprint density at radius 2 is 1.97 bits per heavy atom. The number of aliphatic hydroxyl groups excluding tert-OH is 1. The van der Waals surface area contributed by atoms with Gasteiger partial charge >= 0.3 is 6.18 Å². The summed E-state index contributed by atoms with van der Waals surface area (Å²) >= 11 is 0. The van der Waals surface area contributed by atoms with E-state index in [0.717, 1.165) is 31.4 Å². The number of amides is 1. The largest absolute Gasteiger partial charge is 0.416 e. The van der Waals surface area contributed by atoms with Crippen LogP contribution in [0.15, 0.2) is 24.5 Å². The number of aromatic nitrogens is 2. The third kappa shape index (κ3) is 5.84. The molecule has 1 aliphatic carbocycles. The Bertz CT molecular complexity index is 1040. The number of alkyl halides is 3. The van der Waals surface area contributed by atoms with Gasteiger partial charge in [-0.2, -0.15) is 13.2 Å². The highest BCUT2D eigenvalue weighted by atomic mass is 19.4. The SMILES string of the molecule is CCCC(O)[C@]1(O)CC[C@H](N2CC(NC(=O)CNc3ncnc4ccc(C(F)(F)F)cc34)C2)CC1. The van der Waals surface area contributed by atoms with Gasteiger partial charge < -0.3 is 20.8 Å². The monoisotopic (exact) mass is 495 g/mol. The highest BCUT2D eigenvalue weighted by Crippen LogP contribution is 2.36. The summed E-state index contributed by atoms with van der Waals surface area (Å²) in [6.45, 7) is 3.28. The molecule has 2 aliphatic rings. The highest BCUT2D eigenvalue weighted by molar-refractivity contribution is 5.91. The fourth-order valence-electron chi connectivity index (χ4n) is 5.06. The Kier molecular flexibility index (Phi) is 7.48. The van der Waals surface area contributed by atoms with Crippen molar-refractivity contribution in [2.45, 2.75) is 75.4 Å². The summed E-state index contributed by atoms with van der Waals surface area (Å²) in [5, 5.41) is 26.9. The van der Waals surface area contributed by atoms with E-state index < -0.39 is 23.4 Å². The lowest BCUT2D eigenvalue weighted by Crippen LogP contribution is -2.63. The summed E-state index contributed by atoms with van der Waals surface area (Å²) in [6.07, 6.45) is 0.251. The molecule has 1 atom stereocenters. The second-order valence-corrected chi connectivity index (χ2v) is 9.66. The van der Waals surface area contributed by atoms with Crippen LogP contribution in [0.4, 0.5) is 19.0 Å². The summed E-state index contributed by atoms with van der Waals surface area (Å²) in [4.78, 5) is 22.7. The first-order chi connectivity index (χ1) is 16.6. The number of nitrogens with one attached hydrogen (secondary N) is 2. The van der Waals surface area contributed by atoms with Crippen molar-refractivity contribution < 1.29 is 28.2 Å². The van der Waals surface area contributed by atoms with Gasteiger partial charge in [0.1, 0.15) is 12.1 Å². The summed E-state index contributed by atoms with van der Waals surface area (Å²) < 4.78 is 39.2. The summed E-state index contributed by atoms with van der Waals surface area (Å²) in [6, 6.07) is 3.55. The van der Waals surface area contributed by atoms with Gasteiger partial charge in [-0.3, -0.25) is 9.69 Å². The minimum atomic E-state index is -4.49. The van der Waals surface area contributed by atoms with Crippen LogP contribution in [0.3, 0.4) is 0 Å². The van der Waals surface area contributed by atoms with E-state index >= 15 is 0 Å². The Labute approximate surface area is 201 Å². The smallest absolute Gasteiger partial charge is 0.390 e. The zero-order valence-corrected chi connectivity index (χ0v) is 19.7. The molecule has 0 radical (unpaired) electrons. The summed E-state index contributed by atoms with van der Waals surface area (Å²) in [7, 11) is 0. The van der Waals surface area contributed by atoms with Crippen LogP contribution >= 0.6 is 0 Å². The van der Waals surface area contributed by atoms with Gasteiger partial charge in [0, 0.05) is 24.5 Å². The van der Waals surface area contributed by atoms with Crippen molar-refractivity contribution in [3.05, 3.63) is 30.1 Å². The minimum absolute atomic E-state index is 0.00485. The maximum Gasteiger partial charge on any atom is 0.416 e. The van der Waals surface area contributed by atoms with Gasteiger partial charge in [0.15, 0.2) is 0 Å². The Hall–Kier alpha value is -2.50. The molecular weight excluding hydrogens is 463 g/mol. The molecule has 1 aromatic heterocycles. The molecule has 0 bridgehead atoms. The number of aliphatic hydroxyl groups is 2. The molecule has 192 valence electrons. The highest BCUT2D eigenvalue weighted by Gasteiger charge is 2.42. The zero-order chi connectivity index (χ0) is 25.2. The first kappa shape index (κ1) is 25.6. The van der Waals surface area contributed by atoms with Crippen LogP contribution in [0.25, 0.3) is 10.9 Å². The van der Waals surface area contributed by atoms with Crippen molar-refractivity contribution in [1.82, 2.24) is 20.2 Å². The lowest BCUT2D eigenvalue weighted by Gasteiger charge is -2.49. The van der Waals surface area contributed by atoms with E-state index in [1.54, 1.807) is 0 Å². The number of fused-ring (bicyclic) bond motifs is 1. The van der Waals surface area contributed by atoms with Crippen LogP contribution in [0, 0.1) is 0 Å². The van der Waals surface area contributed by atoms with Crippen molar-refractivity contribution in [1.29, 1.82) is 0 Å². The van der Waals surface area contributed by atoms with E-state index in [9.17, 15) is 28.2 Å². The Morgan fingerprint density at radius 3 is 2.63 bits per heavy atom. The van der Waals surface area contributed by atoms with E-state index in [1.807, 2.05) is 6.92 Å². The molecule has 8 nitrogen and oxygen atoms in total. The average molecular weight is 496 g/mol. The quantitative estimate of drug-likeness (QED) is 0.446. The number of carbonyl (C=O) groups is 1. The number of nitrogens with zero attached hydrogens (tertiary/aromatic N) is 3. The second kappa shape index (κ2) is 10.2. The minimum Gasteiger partial charge on any atom is -0.390 e. The fraction of sp³-hybridized carbons (Fsp3) is 0.625. The molecule has 2 aromatic rings. The standard InChI is InChI=1S/C24H32F3N5O3/c1-2-3-20(33)23(35)8-6-17(7-9-23)32-12-16(13-32)31-21(34)11-28-22-18-10-15(24(25,26)27)4-5-19(18)29-14-30-22/h4-5,10,14,16-17,20,33,35H,2-3,6-9,11-13H2,1H3,(H,31,34)(H,28,29,30)/t17-,20?,23-. The predicted octanol–water partition coefficient (Wildman–Crippen LogP) is 2.70. The summed E-state index contributed by atoms with van der Waals surface area (Å²) in [5.41, 5.74) is -1.45. The third-order valence-electron chi connectivity index (χ3n) is 7.17. The van der Waals surface area contributed by atoms with E-state index in [1.165, 1.54) is 12.4 Å². The molecule has 35 heavy (non-hydrogen) atoms. The molecule has 1 aromatic carbocycles. The molecule has 4 N–H and O–H groups in total. The van der Waals surface area contributed by atoms with Gasteiger partial charge in [0.05, 0.1) is 35.4 Å². The number of carbonyl (C=O) groups excluding carboxylic acids is 1. The molecule has 11 heteroatoms. The van der Waals surface area contributed by atoms with Gasteiger partial charge in [0.25, 0.3) is 0 Å². The molecule has 0 spiro atoms. The summed E-state index contributed by atoms with van der Waals surface area (Å²) in [5.74, 6) is -0.0967. The maximum absolute atomic E-state index is 13.1. The fourth-order valence-corrected chi connectivity index (χ4v) is 5.06. The lowest BCUT2D eigenvalue weighted by atomic mass is 9.76. The molecule has 1 amide bonds. The number of hydrogen-bond acceptors (Lipinski definition) is 7. The van der Waals surface area contributed by atoms with Crippen LogP contribution < -0.4 is 10.6 Å². The van der Waals surface area contributed by atoms with Crippen molar-refractivity contribution >= 4 is 22.6 Å². The number of anilines is 1. The van der Waals surface area contributed by atoms with Gasteiger partial charge in [-0.05, 0) is 50.3 Å². The molecule has 1 aliphatic heterocycles. The van der Waals surface area contributed by atoms with Crippen molar-refractivity contribution in [3.63, 3.8) is 0 Å². The number of halogens is 3. The van der Waals surface area contributed by atoms with E-state index in [-0.39, 0.29) is 29.7 Å². The number of benzene rings is 1. The Morgan fingerprint density at radius 1 is 1.26 bits per heavy atom. The van der Waals surface area contributed by atoms with Crippen LogP contribution in [0.1, 0.15) is 51.0 Å². The number of hydrogen-bond donors (Lipinski definition) is 4. The predicted molar refractivity (Wildman–Crippen MR) is 125 cm³/mol. The average Bonchev–Trinajstić information content (AvgIpc) is 2.80. The van der Waals surface area contributed by atoms with Gasteiger partial charge in [-0.25, -0.2) is 9.97 Å². The number of rotatable bonds is 8. The van der Waals surface area contributed by atoms with Gasteiger partial charge in [0.2, 0.25) is 5.91 Å². The van der Waals surface area contributed by atoms with Crippen molar-refractivity contribution in [2.24, 2.45) is 0 Å². The first-order valence-electron chi connectivity index (χ1n) is 12.1. The van der Waals surface area contributed by atoms with Crippen LogP contribution in [0.5, 0.6) is 0 Å². The topological polar surface area (TPSA) is 111 Å². The van der Waals surface area contributed by atoms with E-state index in [4.69, 9.17) is 0 Å². The molecule has 1 saturated heterocycles. The van der Waals surface area contributed by atoms with E-state index in [2.05, 4.69) is 25.5 Å². The molecular formula is C24H32F3N5O3. The molecule has 4 rings (SSSR count). The Balaban J connectivity index is 1.24. The normalized spacial score (nSPS) is 24.7.